The number of piperidine rings is 1. The van der Waals surface area contributed by atoms with Gasteiger partial charge in [0.05, 0.1) is 19.1 Å². The average Bonchev–Trinajstić information content (AvgIpc) is 3.22. The molecule has 1 saturated heterocycles. The van der Waals surface area contributed by atoms with Gasteiger partial charge in [0, 0.05) is 27.1 Å². The molecule has 10 nitrogen and oxygen atoms in total. The van der Waals surface area contributed by atoms with Gasteiger partial charge in [0.15, 0.2) is 0 Å². The molecule has 1 unspecified atom stereocenters. The normalized spacial score (nSPS) is 17.2. The monoisotopic (exact) mass is 364 g/mol. The summed E-state index contributed by atoms with van der Waals surface area (Å²) in [5, 5.41) is 17.8. The molecule has 1 amide bonds. The van der Waals surface area contributed by atoms with E-state index >= 15 is 0 Å². The van der Waals surface area contributed by atoms with Crippen molar-refractivity contribution < 1.29 is 19.1 Å². The van der Waals surface area contributed by atoms with Crippen LogP contribution in [0.1, 0.15) is 35.1 Å². The van der Waals surface area contributed by atoms with E-state index in [1.54, 1.807) is 24.0 Å². The van der Waals surface area contributed by atoms with E-state index in [1.165, 1.54) is 0 Å². The number of hydrogen-bond acceptors (Lipinski definition) is 7. The average molecular weight is 364 g/mol. The van der Waals surface area contributed by atoms with Crippen LogP contribution in [0.3, 0.4) is 0 Å². The van der Waals surface area contributed by atoms with Crippen LogP contribution in [0.25, 0.3) is 0 Å². The molecular formula is C16H24N6O4. The SMILES string of the molecule is Cc1nnc(CN2CCCC(CNC(=O)c3cncn3C)C2)o1.O=CO. The number of nitrogens with one attached hydrogen (secondary N) is 1. The Morgan fingerprint density at radius 1 is 1.50 bits per heavy atom. The van der Waals surface area contributed by atoms with Gasteiger partial charge in [-0.3, -0.25) is 14.5 Å². The van der Waals surface area contributed by atoms with Crippen molar-refractivity contribution in [3.8, 4) is 0 Å². The van der Waals surface area contributed by atoms with Crippen LogP contribution in [0, 0.1) is 12.8 Å². The fraction of sp³-hybridized carbons (Fsp3) is 0.562. The van der Waals surface area contributed by atoms with E-state index in [0.29, 0.717) is 36.5 Å². The van der Waals surface area contributed by atoms with Crippen molar-refractivity contribution in [2.45, 2.75) is 26.3 Å². The summed E-state index contributed by atoms with van der Waals surface area (Å²) < 4.78 is 7.16. The number of amides is 1. The highest BCUT2D eigenvalue weighted by atomic mass is 16.4. The van der Waals surface area contributed by atoms with Crippen LogP contribution < -0.4 is 5.32 Å². The van der Waals surface area contributed by atoms with Crippen LogP contribution in [0.4, 0.5) is 0 Å². The Bertz CT molecular complexity index is 713. The highest BCUT2D eigenvalue weighted by molar-refractivity contribution is 5.92. The Balaban J connectivity index is 0.000000758. The van der Waals surface area contributed by atoms with Gasteiger partial charge in [0.1, 0.15) is 5.69 Å². The Labute approximate surface area is 151 Å². The standard InChI is InChI=1S/C15H22N6O2.CH2O2/c1-11-18-19-14(23-11)9-21-5-3-4-12(8-21)6-17-15(22)13-7-16-10-20(13)2;2-1-3/h7,10,12H,3-6,8-9H2,1-2H3,(H,17,22);1H,(H,2,3). The van der Waals surface area contributed by atoms with Gasteiger partial charge in [-0.15, -0.1) is 10.2 Å². The molecule has 142 valence electrons. The number of aromatic nitrogens is 4. The number of rotatable bonds is 5. The maximum Gasteiger partial charge on any atom is 0.290 e. The third-order valence-corrected chi connectivity index (χ3v) is 4.13. The van der Waals surface area contributed by atoms with Gasteiger partial charge in [0.2, 0.25) is 11.8 Å². The van der Waals surface area contributed by atoms with Crippen molar-refractivity contribution >= 4 is 12.4 Å². The molecule has 26 heavy (non-hydrogen) atoms. The number of aryl methyl sites for hydroxylation is 2. The molecule has 0 spiro atoms. The predicted molar refractivity (Wildman–Crippen MR) is 91.3 cm³/mol. The molecule has 0 saturated carbocycles. The fourth-order valence-corrected chi connectivity index (χ4v) is 2.96. The van der Waals surface area contributed by atoms with E-state index in [1.807, 2.05) is 7.05 Å². The zero-order chi connectivity index (χ0) is 18.9. The third kappa shape index (κ3) is 5.66. The van der Waals surface area contributed by atoms with Crippen molar-refractivity contribution in [1.29, 1.82) is 0 Å². The van der Waals surface area contributed by atoms with Crippen LogP contribution in [-0.4, -0.2) is 61.8 Å². The first-order chi connectivity index (χ1) is 12.5. The molecule has 0 aromatic carbocycles. The second-order valence-corrected chi connectivity index (χ2v) is 6.16. The van der Waals surface area contributed by atoms with Crippen LogP contribution in [0.2, 0.25) is 0 Å². The fourth-order valence-electron chi connectivity index (χ4n) is 2.96. The highest BCUT2D eigenvalue weighted by Crippen LogP contribution is 2.18. The first kappa shape index (κ1) is 19.6. The van der Waals surface area contributed by atoms with Crippen molar-refractivity contribution in [1.82, 2.24) is 30.0 Å². The van der Waals surface area contributed by atoms with Crippen LogP contribution in [0.15, 0.2) is 16.9 Å². The molecule has 10 heteroatoms. The zero-order valence-corrected chi connectivity index (χ0v) is 15.0. The van der Waals surface area contributed by atoms with Crippen LogP contribution in [0.5, 0.6) is 0 Å². The lowest BCUT2D eigenvalue weighted by atomic mass is 9.98. The molecule has 3 heterocycles. The number of nitrogens with zero attached hydrogens (tertiary/aromatic N) is 5. The van der Waals surface area contributed by atoms with Gasteiger partial charge >= 0.3 is 0 Å². The second-order valence-electron chi connectivity index (χ2n) is 6.16. The molecule has 1 aliphatic heterocycles. The molecule has 1 fully saturated rings. The van der Waals surface area contributed by atoms with Crippen molar-refractivity contribution in [3.05, 3.63) is 30.0 Å². The van der Waals surface area contributed by atoms with E-state index in [-0.39, 0.29) is 12.4 Å². The number of imidazole rings is 1. The van der Waals surface area contributed by atoms with Gasteiger partial charge in [-0.1, -0.05) is 0 Å². The van der Waals surface area contributed by atoms with E-state index in [0.717, 1.165) is 25.9 Å². The summed E-state index contributed by atoms with van der Waals surface area (Å²) in [5.41, 5.74) is 0.582. The van der Waals surface area contributed by atoms with Gasteiger partial charge in [-0.05, 0) is 25.3 Å². The Hall–Kier alpha value is -2.75. The first-order valence-electron chi connectivity index (χ1n) is 8.37. The largest absolute Gasteiger partial charge is 0.483 e. The minimum atomic E-state index is -0.250. The number of carboxylic acid groups (broad SMARTS) is 1. The minimum absolute atomic E-state index is 0.0744. The minimum Gasteiger partial charge on any atom is -0.483 e. The summed E-state index contributed by atoms with van der Waals surface area (Å²) in [4.78, 5) is 26.8. The molecular weight excluding hydrogens is 340 g/mol. The smallest absolute Gasteiger partial charge is 0.290 e. The van der Waals surface area contributed by atoms with Crippen molar-refractivity contribution in [2.75, 3.05) is 19.6 Å². The summed E-state index contributed by atoms with van der Waals surface area (Å²) in [5.74, 6) is 1.61. The molecule has 0 radical (unpaired) electrons. The van der Waals surface area contributed by atoms with Crippen molar-refractivity contribution in [2.24, 2.45) is 13.0 Å². The second kappa shape index (κ2) is 9.66. The van der Waals surface area contributed by atoms with E-state index in [2.05, 4.69) is 25.4 Å². The van der Waals surface area contributed by atoms with Gasteiger partial charge in [0.25, 0.3) is 12.4 Å². The predicted octanol–water partition coefficient (Wildman–Crippen LogP) is 0.454. The van der Waals surface area contributed by atoms with Crippen molar-refractivity contribution in [3.63, 3.8) is 0 Å². The van der Waals surface area contributed by atoms with Gasteiger partial charge in [-0.25, -0.2) is 4.98 Å². The highest BCUT2D eigenvalue weighted by Gasteiger charge is 2.22. The zero-order valence-electron chi connectivity index (χ0n) is 15.0. The maximum atomic E-state index is 12.1. The molecule has 2 aromatic rings. The Kier molecular flexibility index (Phi) is 7.27. The molecule has 3 rings (SSSR count). The molecule has 0 bridgehead atoms. The van der Waals surface area contributed by atoms with Gasteiger partial charge in [-0.2, -0.15) is 0 Å². The summed E-state index contributed by atoms with van der Waals surface area (Å²) in [6.45, 7) is 4.83. The lowest BCUT2D eigenvalue weighted by molar-refractivity contribution is -0.122. The number of carbonyl (C=O) groups excluding carboxylic acids is 1. The number of likely N-dealkylation sites (tertiary alicyclic amines) is 1. The summed E-state index contributed by atoms with van der Waals surface area (Å²) >= 11 is 0. The van der Waals surface area contributed by atoms with Crippen LogP contribution in [-0.2, 0) is 18.4 Å². The topological polar surface area (TPSA) is 126 Å². The van der Waals surface area contributed by atoms with E-state index in [9.17, 15) is 4.79 Å². The van der Waals surface area contributed by atoms with E-state index in [4.69, 9.17) is 14.3 Å². The van der Waals surface area contributed by atoms with Gasteiger partial charge < -0.3 is 19.4 Å². The maximum absolute atomic E-state index is 12.1. The van der Waals surface area contributed by atoms with E-state index < -0.39 is 0 Å². The number of hydrogen-bond donors (Lipinski definition) is 2. The summed E-state index contributed by atoms with van der Waals surface area (Å²) in [6.07, 6.45) is 5.44. The quantitative estimate of drug-likeness (QED) is 0.733. The molecule has 1 atom stereocenters. The summed E-state index contributed by atoms with van der Waals surface area (Å²) in [6, 6.07) is 0. The lowest BCUT2D eigenvalue weighted by Gasteiger charge is -2.31. The molecule has 2 aromatic heterocycles. The molecule has 2 N–H and O–H groups in total. The Morgan fingerprint density at radius 2 is 2.27 bits per heavy atom. The van der Waals surface area contributed by atoms with Crippen LogP contribution >= 0.6 is 0 Å². The molecule has 1 aliphatic rings. The first-order valence-corrected chi connectivity index (χ1v) is 8.37. The Morgan fingerprint density at radius 3 is 2.88 bits per heavy atom. The number of carbonyl (C=O) groups is 2. The summed E-state index contributed by atoms with van der Waals surface area (Å²) in [7, 11) is 1.82. The molecule has 0 aliphatic carbocycles. The third-order valence-electron chi connectivity index (χ3n) is 4.13. The lowest BCUT2D eigenvalue weighted by Crippen LogP contribution is -2.40.